The van der Waals surface area contributed by atoms with Gasteiger partial charge in [0.15, 0.2) is 6.61 Å². The van der Waals surface area contributed by atoms with Crippen LogP contribution in [0.4, 0.5) is 13.2 Å². The van der Waals surface area contributed by atoms with Gasteiger partial charge in [0.25, 0.3) is 5.91 Å². The molecule has 24 heavy (non-hydrogen) atoms. The van der Waals surface area contributed by atoms with E-state index in [1.807, 2.05) is 0 Å². The Hall–Kier alpha value is -2.54. The number of benzene rings is 2. The van der Waals surface area contributed by atoms with Crippen LogP contribution in [0.25, 0.3) is 0 Å². The quantitative estimate of drug-likeness (QED) is 0.652. The first kappa shape index (κ1) is 17.8. The van der Waals surface area contributed by atoms with Crippen LogP contribution < -0.4 is 10.2 Å². The Morgan fingerprint density at radius 3 is 2.33 bits per heavy atom. The maximum Gasteiger partial charge on any atom is 0.416 e. The van der Waals surface area contributed by atoms with Crippen molar-refractivity contribution < 1.29 is 22.7 Å². The number of halogens is 4. The summed E-state index contributed by atoms with van der Waals surface area (Å²) in [5.74, 6) is -0.0330. The highest BCUT2D eigenvalue weighted by atomic mass is 35.5. The largest absolute Gasteiger partial charge is 0.484 e. The third-order valence-corrected chi connectivity index (χ3v) is 3.08. The Bertz CT molecular complexity index is 714. The highest BCUT2D eigenvalue weighted by Gasteiger charge is 2.29. The van der Waals surface area contributed by atoms with E-state index in [1.54, 1.807) is 24.3 Å². The highest BCUT2D eigenvalue weighted by Crippen LogP contribution is 2.28. The Morgan fingerprint density at radius 2 is 1.75 bits per heavy atom. The summed E-state index contributed by atoms with van der Waals surface area (Å²) in [6.07, 6.45) is -3.15. The fraction of sp³-hybridized carbons (Fsp3) is 0.125. The third kappa shape index (κ3) is 5.58. The summed E-state index contributed by atoms with van der Waals surface area (Å²) in [7, 11) is 0. The Labute approximate surface area is 140 Å². The average Bonchev–Trinajstić information content (AvgIpc) is 2.54. The second-order valence-corrected chi connectivity index (χ2v) is 5.09. The molecule has 0 aliphatic rings. The molecule has 2 aromatic carbocycles. The smallest absolute Gasteiger partial charge is 0.416 e. The standard InChI is InChI=1S/C16H12ClF3N2O2/c17-13-5-7-14(8-6-13)24-10-15(23)22-21-9-11-1-3-12(4-2-11)16(18,19)20/h1-9H,10H2,(H,22,23)/b21-9+. The fourth-order valence-electron chi connectivity index (χ4n) is 1.65. The summed E-state index contributed by atoms with van der Waals surface area (Å²) in [5, 5.41) is 4.20. The Morgan fingerprint density at radius 1 is 1.12 bits per heavy atom. The second kappa shape index (κ2) is 7.83. The van der Waals surface area contributed by atoms with Crippen LogP contribution in [0.15, 0.2) is 53.6 Å². The predicted octanol–water partition coefficient (Wildman–Crippen LogP) is 3.89. The van der Waals surface area contributed by atoms with Crippen molar-refractivity contribution in [2.24, 2.45) is 5.10 Å². The molecule has 0 bridgehead atoms. The maximum absolute atomic E-state index is 12.4. The summed E-state index contributed by atoms with van der Waals surface area (Å²) in [5.41, 5.74) is 1.88. The summed E-state index contributed by atoms with van der Waals surface area (Å²) < 4.78 is 42.4. The molecule has 0 aromatic heterocycles. The predicted molar refractivity (Wildman–Crippen MR) is 84.1 cm³/mol. The van der Waals surface area contributed by atoms with Crippen molar-refractivity contribution in [1.29, 1.82) is 0 Å². The molecule has 126 valence electrons. The number of hydrazone groups is 1. The number of alkyl halides is 3. The molecule has 0 fully saturated rings. The first-order valence-electron chi connectivity index (χ1n) is 6.72. The molecule has 2 rings (SSSR count). The van der Waals surface area contributed by atoms with Crippen molar-refractivity contribution in [3.8, 4) is 5.75 Å². The zero-order valence-corrected chi connectivity index (χ0v) is 12.9. The highest BCUT2D eigenvalue weighted by molar-refractivity contribution is 6.30. The molecule has 0 saturated heterocycles. The molecule has 2 aromatic rings. The molecule has 0 heterocycles. The number of carbonyl (C=O) groups is 1. The Kier molecular flexibility index (Phi) is 5.81. The first-order valence-corrected chi connectivity index (χ1v) is 7.10. The van der Waals surface area contributed by atoms with E-state index < -0.39 is 17.6 Å². The van der Waals surface area contributed by atoms with E-state index in [0.29, 0.717) is 16.3 Å². The fourth-order valence-corrected chi connectivity index (χ4v) is 1.77. The second-order valence-electron chi connectivity index (χ2n) is 4.66. The SMILES string of the molecule is O=C(COc1ccc(Cl)cc1)N/N=C/c1ccc(C(F)(F)F)cc1. The van der Waals surface area contributed by atoms with Gasteiger partial charge in [0.2, 0.25) is 0 Å². The number of hydrogen-bond donors (Lipinski definition) is 1. The summed E-state index contributed by atoms with van der Waals surface area (Å²) in [6, 6.07) is 10.8. The van der Waals surface area contributed by atoms with Gasteiger partial charge in [-0.05, 0) is 42.0 Å². The summed E-state index contributed by atoms with van der Waals surface area (Å²) in [6.45, 7) is -0.258. The van der Waals surface area contributed by atoms with Crippen LogP contribution in [0, 0.1) is 0 Å². The van der Waals surface area contributed by atoms with Crippen LogP contribution in [-0.2, 0) is 11.0 Å². The lowest BCUT2D eigenvalue weighted by atomic mass is 10.1. The van der Waals surface area contributed by atoms with Crippen LogP contribution in [0.5, 0.6) is 5.75 Å². The van der Waals surface area contributed by atoms with E-state index in [9.17, 15) is 18.0 Å². The van der Waals surface area contributed by atoms with Crippen LogP contribution in [-0.4, -0.2) is 18.7 Å². The number of hydrogen-bond acceptors (Lipinski definition) is 3. The van der Waals surface area contributed by atoms with Gasteiger partial charge in [0, 0.05) is 5.02 Å². The van der Waals surface area contributed by atoms with Gasteiger partial charge >= 0.3 is 6.18 Å². The first-order chi connectivity index (χ1) is 11.3. The van der Waals surface area contributed by atoms with Gasteiger partial charge in [0.05, 0.1) is 11.8 Å². The van der Waals surface area contributed by atoms with Crippen LogP contribution in [0.1, 0.15) is 11.1 Å². The minimum Gasteiger partial charge on any atom is -0.484 e. The molecule has 0 radical (unpaired) electrons. The molecule has 0 aliphatic carbocycles. The number of rotatable bonds is 5. The molecule has 0 atom stereocenters. The molecule has 0 aliphatic heterocycles. The summed E-state index contributed by atoms with van der Waals surface area (Å²) >= 11 is 5.72. The topological polar surface area (TPSA) is 50.7 Å². The molecule has 1 amide bonds. The lowest BCUT2D eigenvalue weighted by Crippen LogP contribution is -2.24. The van der Waals surface area contributed by atoms with Crippen LogP contribution >= 0.6 is 11.6 Å². The summed E-state index contributed by atoms with van der Waals surface area (Å²) in [4.78, 5) is 11.5. The zero-order valence-electron chi connectivity index (χ0n) is 12.2. The number of ether oxygens (including phenoxy) is 1. The number of amides is 1. The zero-order chi connectivity index (χ0) is 17.6. The number of nitrogens with one attached hydrogen (secondary N) is 1. The van der Waals surface area contributed by atoms with Crippen LogP contribution in [0.3, 0.4) is 0 Å². The van der Waals surface area contributed by atoms with Crippen molar-refractivity contribution in [2.75, 3.05) is 6.61 Å². The average molecular weight is 357 g/mol. The molecular weight excluding hydrogens is 345 g/mol. The monoisotopic (exact) mass is 356 g/mol. The van der Waals surface area contributed by atoms with Gasteiger partial charge in [0.1, 0.15) is 5.75 Å². The van der Waals surface area contributed by atoms with Gasteiger partial charge in [-0.2, -0.15) is 18.3 Å². The van der Waals surface area contributed by atoms with Gasteiger partial charge in [-0.3, -0.25) is 4.79 Å². The van der Waals surface area contributed by atoms with E-state index >= 15 is 0 Å². The van der Waals surface area contributed by atoms with Gasteiger partial charge in [-0.1, -0.05) is 23.7 Å². The van der Waals surface area contributed by atoms with Gasteiger partial charge in [-0.15, -0.1) is 0 Å². The van der Waals surface area contributed by atoms with Gasteiger partial charge in [-0.25, -0.2) is 5.43 Å². The lowest BCUT2D eigenvalue weighted by Gasteiger charge is -2.06. The van der Waals surface area contributed by atoms with Crippen molar-refractivity contribution >= 4 is 23.7 Å². The molecule has 0 saturated carbocycles. The number of carbonyl (C=O) groups excluding carboxylic acids is 1. The molecule has 4 nitrogen and oxygen atoms in total. The third-order valence-electron chi connectivity index (χ3n) is 2.82. The maximum atomic E-state index is 12.4. The van der Waals surface area contributed by atoms with E-state index in [2.05, 4.69) is 10.5 Å². The number of nitrogens with zero attached hydrogens (tertiary/aromatic N) is 1. The Balaban J connectivity index is 1.80. The van der Waals surface area contributed by atoms with Crippen molar-refractivity contribution in [3.05, 3.63) is 64.7 Å². The van der Waals surface area contributed by atoms with Crippen molar-refractivity contribution in [1.82, 2.24) is 5.43 Å². The van der Waals surface area contributed by atoms with Crippen molar-refractivity contribution in [2.45, 2.75) is 6.18 Å². The van der Waals surface area contributed by atoms with Gasteiger partial charge < -0.3 is 4.74 Å². The van der Waals surface area contributed by atoms with Crippen molar-refractivity contribution in [3.63, 3.8) is 0 Å². The molecule has 0 unspecified atom stereocenters. The molecular formula is C16H12ClF3N2O2. The minimum atomic E-state index is -4.39. The molecule has 8 heteroatoms. The van der Waals surface area contributed by atoms with E-state index in [4.69, 9.17) is 16.3 Å². The van der Waals surface area contributed by atoms with Crippen LogP contribution in [0.2, 0.25) is 5.02 Å². The molecule has 1 N–H and O–H groups in total. The van der Waals surface area contributed by atoms with E-state index in [0.717, 1.165) is 12.1 Å². The normalized spacial score (nSPS) is 11.5. The lowest BCUT2D eigenvalue weighted by molar-refractivity contribution is -0.137. The minimum absolute atomic E-state index is 0.258. The van der Waals surface area contributed by atoms with E-state index in [1.165, 1.54) is 18.3 Å². The molecule has 0 spiro atoms. The van der Waals surface area contributed by atoms with E-state index in [-0.39, 0.29) is 6.61 Å².